The zero-order valence-electron chi connectivity index (χ0n) is 11.3. The summed E-state index contributed by atoms with van der Waals surface area (Å²) in [5, 5.41) is 6.18. The highest BCUT2D eigenvalue weighted by Gasteiger charge is 2.36. The van der Waals surface area contributed by atoms with Crippen molar-refractivity contribution in [3.63, 3.8) is 0 Å². The normalized spacial score (nSPS) is 19.9. The number of fused-ring (bicyclic) bond motifs is 1. The molecular weight excluding hydrogens is 240 g/mol. The second-order valence-corrected chi connectivity index (χ2v) is 5.73. The van der Waals surface area contributed by atoms with Crippen LogP contribution in [0.25, 0.3) is 0 Å². The molecule has 1 heterocycles. The van der Waals surface area contributed by atoms with Crippen LogP contribution in [-0.4, -0.2) is 26.1 Å². The van der Waals surface area contributed by atoms with Crippen LogP contribution < -0.4 is 15.4 Å². The summed E-state index contributed by atoms with van der Waals surface area (Å²) in [6.45, 7) is 1.18. The van der Waals surface area contributed by atoms with E-state index in [1.165, 1.54) is 24.8 Å². The van der Waals surface area contributed by atoms with Crippen LogP contribution in [0, 0.1) is 5.41 Å². The number of amides is 1. The predicted molar refractivity (Wildman–Crippen MR) is 74.5 cm³/mol. The van der Waals surface area contributed by atoms with Gasteiger partial charge >= 0.3 is 0 Å². The number of ether oxygens (including phenoxy) is 1. The molecule has 0 aromatic heterocycles. The van der Waals surface area contributed by atoms with Crippen LogP contribution in [-0.2, 0) is 11.2 Å². The maximum Gasteiger partial charge on any atom is 0.262 e. The van der Waals surface area contributed by atoms with E-state index >= 15 is 0 Å². The zero-order valence-corrected chi connectivity index (χ0v) is 11.3. The summed E-state index contributed by atoms with van der Waals surface area (Å²) < 4.78 is 5.38. The molecule has 0 unspecified atom stereocenters. The average Bonchev–Trinajstić information content (AvgIpc) is 2.36. The molecule has 1 fully saturated rings. The van der Waals surface area contributed by atoms with E-state index in [9.17, 15) is 4.79 Å². The molecule has 0 saturated heterocycles. The number of nitrogens with one attached hydrogen (secondary N) is 2. The van der Waals surface area contributed by atoms with Gasteiger partial charge in [0.25, 0.3) is 5.91 Å². The fourth-order valence-electron chi connectivity index (χ4n) is 3.14. The van der Waals surface area contributed by atoms with Crippen molar-refractivity contribution in [2.24, 2.45) is 5.41 Å². The van der Waals surface area contributed by atoms with Crippen molar-refractivity contribution in [1.29, 1.82) is 0 Å². The van der Waals surface area contributed by atoms with Gasteiger partial charge in [0.1, 0.15) is 5.75 Å². The number of hydrogen-bond donors (Lipinski definition) is 2. The Morgan fingerprint density at radius 3 is 2.95 bits per heavy atom. The van der Waals surface area contributed by atoms with Crippen molar-refractivity contribution in [3.8, 4) is 5.75 Å². The quantitative estimate of drug-likeness (QED) is 0.870. The topological polar surface area (TPSA) is 50.4 Å². The summed E-state index contributed by atoms with van der Waals surface area (Å²) in [6.07, 6.45) is 4.96. The summed E-state index contributed by atoms with van der Waals surface area (Å²) >= 11 is 0. The third kappa shape index (κ3) is 2.45. The van der Waals surface area contributed by atoms with Gasteiger partial charge in [-0.1, -0.05) is 12.5 Å². The first kappa shape index (κ1) is 12.5. The van der Waals surface area contributed by atoms with Gasteiger partial charge < -0.3 is 15.4 Å². The Morgan fingerprint density at radius 2 is 2.26 bits per heavy atom. The van der Waals surface area contributed by atoms with Crippen molar-refractivity contribution in [2.45, 2.75) is 25.7 Å². The van der Waals surface area contributed by atoms with Crippen molar-refractivity contribution >= 4 is 11.6 Å². The first-order valence-corrected chi connectivity index (χ1v) is 6.91. The number of benzene rings is 1. The summed E-state index contributed by atoms with van der Waals surface area (Å²) in [7, 11) is 2.01. The van der Waals surface area contributed by atoms with Gasteiger partial charge in [-0.3, -0.25) is 4.79 Å². The van der Waals surface area contributed by atoms with Crippen LogP contribution in [0.1, 0.15) is 24.8 Å². The SMILES string of the molecule is CNCC1(Cc2ccc3c(c2)NC(=O)CO3)CCC1. The minimum atomic E-state index is -0.0711. The lowest BCUT2D eigenvalue weighted by Crippen LogP contribution is -2.40. The van der Waals surface area contributed by atoms with Crippen molar-refractivity contribution in [3.05, 3.63) is 23.8 Å². The van der Waals surface area contributed by atoms with Crippen LogP contribution in [0.5, 0.6) is 5.75 Å². The molecule has 1 aromatic rings. The molecule has 4 nitrogen and oxygen atoms in total. The fraction of sp³-hybridized carbons (Fsp3) is 0.533. The minimum absolute atomic E-state index is 0.0711. The minimum Gasteiger partial charge on any atom is -0.482 e. The fourth-order valence-corrected chi connectivity index (χ4v) is 3.14. The third-order valence-electron chi connectivity index (χ3n) is 4.22. The predicted octanol–water partition coefficient (Wildman–Crippen LogP) is 1.95. The van der Waals surface area contributed by atoms with Gasteiger partial charge in [-0.25, -0.2) is 0 Å². The lowest BCUT2D eigenvalue weighted by atomic mass is 9.65. The first-order chi connectivity index (χ1) is 9.21. The Hall–Kier alpha value is -1.55. The smallest absolute Gasteiger partial charge is 0.262 e. The largest absolute Gasteiger partial charge is 0.482 e. The number of rotatable bonds is 4. The Bertz CT molecular complexity index is 495. The van der Waals surface area contributed by atoms with Gasteiger partial charge in [-0.05, 0) is 49.4 Å². The molecule has 102 valence electrons. The van der Waals surface area contributed by atoms with E-state index in [2.05, 4.69) is 22.8 Å². The van der Waals surface area contributed by atoms with E-state index in [1.54, 1.807) is 0 Å². The highest BCUT2D eigenvalue weighted by Crippen LogP contribution is 2.44. The molecule has 1 aromatic carbocycles. The van der Waals surface area contributed by atoms with E-state index in [0.717, 1.165) is 24.4 Å². The number of hydrogen-bond acceptors (Lipinski definition) is 3. The molecule has 1 aliphatic carbocycles. The molecule has 4 heteroatoms. The van der Waals surface area contributed by atoms with Crippen LogP contribution in [0.2, 0.25) is 0 Å². The van der Waals surface area contributed by atoms with Gasteiger partial charge in [-0.2, -0.15) is 0 Å². The monoisotopic (exact) mass is 260 g/mol. The lowest BCUT2D eigenvalue weighted by molar-refractivity contribution is -0.118. The van der Waals surface area contributed by atoms with E-state index in [-0.39, 0.29) is 12.5 Å². The standard InChI is InChI=1S/C15H20N2O2/c1-16-10-15(5-2-6-15)8-11-3-4-13-12(7-11)17-14(18)9-19-13/h3-4,7,16H,2,5-6,8-10H2,1H3,(H,17,18). The Labute approximate surface area is 113 Å². The highest BCUT2D eigenvalue weighted by atomic mass is 16.5. The van der Waals surface area contributed by atoms with E-state index < -0.39 is 0 Å². The van der Waals surface area contributed by atoms with Gasteiger partial charge in [0.15, 0.2) is 6.61 Å². The maximum atomic E-state index is 11.3. The molecule has 0 spiro atoms. The molecule has 2 N–H and O–H groups in total. The Kier molecular flexibility index (Phi) is 3.19. The highest BCUT2D eigenvalue weighted by molar-refractivity contribution is 5.95. The van der Waals surface area contributed by atoms with Crippen LogP contribution >= 0.6 is 0 Å². The van der Waals surface area contributed by atoms with Gasteiger partial charge in [0, 0.05) is 6.54 Å². The van der Waals surface area contributed by atoms with Gasteiger partial charge in [0.2, 0.25) is 0 Å². The summed E-state index contributed by atoms with van der Waals surface area (Å²) in [5.41, 5.74) is 2.50. The zero-order chi connectivity index (χ0) is 13.3. The van der Waals surface area contributed by atoms with E-state index in [1.807, 2.05) is 13.1 Å². The van der Waals surface area contributed by atoms with Crippen LogP contribution in [0.4, 0.5) is 5.69 Å². The van der Waals surface area contributed by atoms with Crippen molar-refractivity contribution in [2.75, 3.05) is 25.5 Å². The molecular formula is C15H20N2O2. The number of anilines is 1. The molecule has 0 radical (unpaired) electrons. The summed E-state index contributed by atoms with van der Waals surface area (Å²) in [6, 6.07) is 6.14. The third-order valence-corrected chi connectivity index (χ3v) is 4.22. The molecule has 2 aliphatic rings. The lowest BCUT2D eigenvalue weighted by Gasteiger charge is -2.42. The van der Waals surface area contributed by atoms with Crippen LogP contribution in [0.15, 0.2) is 18.2 Å². The molecule has 3 rings (SSSR count). The number of carbonyl (C=O) groups is 1. The van der Waals surface area contributed by atoms with Crippen LogP contribution in [0.3, 0.4) is 0 Å². The second-order valence-electron chi connectivity index (χ2n) is 5.73. The second kappa shape index (κ2) is 4.85. The molecule has 1 aliphatic heterocycles. The Morgan fingerprint density at radius 1 is 1.42 bits per heavy atom. The van der Waals surface area contributed by atoms with Crippen molar-refractivity contribution < 1.29 is 9.53 Å². The molecule has 1 amide bonds. The molecule has 0 bridgehead atoms. The van der Waals surface area contributed by atoms with Gasteiger partial charge in [0.05, 0.1) is 5.69 Å². The van der Waals surface area contributed by atoms with E-state index in [4.69, 9.17) is 4.74 Å². The van der Waals surface area contributed by atoms with Gasteiger partial charge in [-0.15, -0.1) is 0 Å². The summed E-state index contributed by atoms with van der Waals surface area (Å²) in [4.78, 5) is 11.3. The molecule has 1 saturated carbocycles. The average molecular weight is 260 g/mol. The Balaban J connectivity index is 1.78. The summed E-state index contributed by atoms with van der Waals surface area (Å²) in [5.74, 6) is 0.706. The molecule has 19 heavy (non-hydrogen) atoms. The molecule has 0 atom stereocenters. The van der Waals surface area contributed by atoms with E-state index in [0.29, 0.717) is 5.41 Å². The van der Waals surface area contributed by atoms with Crippen molar-refractivity contribution in [1.82, 2.24) is 5.32 Å². The maximum absolute atomic E-state index is 11.3. The first-order valence-electron chi connectivity index (χ1n) is 6.91. The number of carbonyl (C=O) groups excluding carboxylic acids is 1.